The largest absolute Gasteiger partial charge is 0.459 e. The zero-order valence-electron chi connectivity index (χ0n) is 21.7. The Morgan fingerprint density at radius 1 is 1.20 bits per heavy atom. The Morgan fingerprint density at radius 3 is 2.60 bits per heavy atom. The van der Waals surface area contributed by atoms with Gasteiger partial charge in [-0.1, -0.05) is 30.7 Å². The summed E-state index contributed by atoms with van der Waals surface area (Å²) < 4.78 is 23.0. The molecule has 196 valence electrons. The number of amides is 1. The molecule has 1 spiro atoms. The van der Waals surface area contributed by atoms with Gasteiger partial charge in [-0.3, -0.25) is 9.59 Å². The molecule has 0 unspecified atom stereocenters. The molecule has 0 bridgehead atoms. The predicted octanol–water partition coefficient (Wildman–Crippen LogP) is 2.96. The maximum absolute atomic E-state index is 12.3. The van der Waals surface area contributed by atoms with E-state index in [9.17, 15) is 9.59 Å². The Kier molecular flexibility index (Phi) is 9.69. The van der Waals surface area contributed by atoms with Crippen molar-refractivity contribution in [1.29, 1.82) is 0 Å². The SMILES string of the molecule is CC(=O)O[C@@H](C)/C=C\C(=O)N[C@@H]1C[C@H](C)[C@H](C/C=C(C)/C=C/[C@@H]2C[C@]3(CO3)C[C@@H](CN)O2)O[C@@H]1C. The molecule has 0 aromatic heterocycles. The van der Waals surface area contributed by atoms with Gasteiger partial charge in [-0.15, -0.1) is 0 Å². The molecule has 0 aliphatic carbocycles. The van der Waals surface area contributed by atoms with Gasteiger partial charge < -0.3 is 30.0 Å². The van der Waals surface area contributed by atoms with Crippen LogP contribution in [0.25, 0.3) is 0 Å². The number of carbonyl (C=O) groups excluding carboxylic acids is 2. The number of esters is 1. The highest BCUT2D eigenvalue weighted by Crippen LogP contribution is 2.42. The van der Waals surface area contributed by atoms with Crippen LogP contribution in [0.3, 0.4) is 0 Å². The van der Waals surface area contributed by atoms with Crippen molar-refractivity contribution in [2.24, 2.45) is 11.7 Å². The third-order valence-electron chi connectivity index (χ3n) is 7.02. The molecule has 0 saturated carbocycles. The molecule has 8 nitrogen and oxygen atoms in total. The second-order valence-electron chi connectivity index (χ2n) is 10.3. The van der Waals surface area contributed by atoms with Crippen LogP contribution in [0.4, 0.5) is 0 Å². The molecule has 3 N–H and O–H groups in total. The first-order chi connectivity index (χ1) is 16.6. The molecule has 0 aromatic rings. The Labute approximate surface area is 209 Å². The standard InChI is InChI=1S/C27H42N2O6/c1-17(6-9-22-13-27(16-32-27)14-23(15-28)35-22)7-10-25-18(2)12-24(20(4)34-25)29-26(31)11-8-19(3)33-21(5)30/h6-9,11,18-20,22-25H,10,12-16,28H2,1-5H3,(H,29,31)/b9-6+,11-8-,17-7+/t18-,19-,20+,22+,23-,24+,25-,27+/m0/s1. The van der Waals surface area contributed by atoms with Gasteiger partial charge in [0.15, 0.2) is 0 Å². The highest BCUT2D eigenvalue weighted by atomic mass is 16.6. The predicted molar refractivity (Wildman–Crippen MR) is 134 cm³/mol. The van der Waals surface area contributed by atoms with Gasteiger partial charge in [0.25, 0.3) is 0 Å². The van der Waals surface area contributed by atoms with E-state index in [1.807, 2.05) is 6.92 Å². The first-order valence-electron chi connectivity index (χ1n) is 12.7. The lowest BCUT2D eigenvalue weighted by Gasteiger charge is -2.39. The molecule has 3 aliphatic heterocycles. The van der Waals surface area contributed by atoms with Crippen LogP contribution in [0.1, 0.15) is 60.3 Å². The number of hydrogen-bond acceptors (Lipinski definition) is 7. The molecule has 0 aromatic carbocycles. The van der Waals surface area contributed by atoms with E-state index in [1.165, 1.54) is 18.6 Å². The lowest BCUT2D eigenvalue weighted by Crippen LogP contribution is -2.50. The molecular weight excluding hydrogens is 448 g/mol. The van der Waals surface area contributed by atoms with Crippen molar-refractivity contribution in [2.75, 3.05) is 13.2 Å². The number of hydrogen-bond donors (Lipinski definition) is 2. The van der Waals surface area contributed by atoms with Crippen LogP contribution in [-0.4, -0.2) is 67.2 Å². The van der Waals surface area contributed by atoms with Crippen LogP contribution < -0.4 is 11.1 Å². The first-order valence-corrected chi connectivity index (χ1v) is 12.7. The van der Waals surface area contributed by atoms with Gasteiger partial charge in [-0.25, -0.2) is 0 Å². The molecule has 35 heavy (non-hydrogen) atoms. The summed E-state index contributed by atoms with van der Waals surface area (Å²) in [6.07, 6.45) is 12.5. The summed E-state index contributed by atoms with van der Waals surface area (Å²) in [6.45, 7) is 10.6. The third kappa shape index (κ3) is 8.56. The van der Waals surface area contributed by atoms with Crippen molar-refractivity contribution in [3.8, 4) is 0 Å². The van der Waals surface area contributed by atoms with E-state index in [2.05, 4.69) is 37.4 Å². The summed E-state index contributed by atoms with van der Waals surface area (Å²) >= 11 is 0. The molecule has 3 heterocycles. The van der Waals surface area contributed by atoms with Gasteiger partial charge in [0, 0.05) is 32.4 Å². The van der Waals surface area contributed by atoms with E-state index in [1.54, 1.807) is 13.0 Å². The Bertz CT molecular complexity index is 834. The number of rotatable bonds is 9. The maximum Gasteiger partial charge on any atom is 0.303 e. The van der Waals surface area contributed by atoms with Crippen LogP contribution in [0.2, 0.25) is 0 Å². The monoisotopic (exact) mass is 490 g/mol. The molecule has 3 aliphatic rings. The zero-order valence-corrected chi connectivity index (χ0v) is 21.7. The fourth-order valence-corrected chi connectivity index (χ4v) is 4.90. The van der Waals surface area contributed by atoms with Gasteiger partial charge in [0.2, 0.25) is 5.91 Å². The Morgan fingerprint density at radius 2 is 1.94 bits per heavy atom. The van der Waals surface area contributed by atoms with Crippen LogP contribution in [0.5, 0.6) is 0 Å². The molecule has 1 amide bonds. The van der Waals surface area contributed by atoms with Gasteiger partial charge >= 0.3 is 5.97 Å². The van der Waals surface area contributed by atoms with Gasteiger partial charge in [-0.2, -0.15) is 0 Å². The lowest BCUT2D eigenvalue weighted by atomic mass is 9.88. The van der Waals surface area contributed by atoms with Gasteiger partial charge in [-0.05, 0) is 45.6 Å². The van der Waals surface area contributed by atoms with Crippen molar-refractivity contribution in [2.45, 2.75) is 102 Å². The summed E-state index contributed by atoms with van der Waals surface area (Å²) in [4.78, 5) is 23.3. The normalized spacial score (nSPS) is 36.5. The quantitative estimate of drug-likeness (QED) is 0.221. The minimum atomic E-state index is -0.444. The van der Waals surface area contributed by atoms with Crippen molar-refractivity contribution in [3.05, 3.63) is 36.0 Å². The molecule has 3 fully saturated rings. The number of allylic oxidation sites excluding steroid dienone is 2. The van der Waals surface area contributed by atoms with E-state index in [0.717, 1.165) is 32.3 Å². The molecule has 8 atom stereocenters. The Balaban J connectivity index is 1.45. The van der Waals surface area contributed by atoms with E-state index < -0.39 is 6.10 Å². The number of nitrogens with one attached hydrogen (secondary N) is 1. The van der Waals surface area contributed by atoms with Crippen molar-refractivity contribution in [1.82, 2.24) is 5.32 Å². The fourth-order valence-electron chi connectivity index (χ4n) is 4.90. The number of ether oxygens (including phenoxy) is 4. The zero-order chi connectivity index (χ0) is 25.6. The third-order valence-corrected chi connectivity index (χ3v) is 7.02. The average Bonchev–Trinajstić information content (AvgIpc) is 3.54. The number of epoxide rings is 1. The summed E-state index contributed by atoms with van der Waals surface area (Å²) in [5.74, 6) is -0.288. The minimum absolute atomic E-state index is 0.0151. The topological polar surface area (TPSA) is 112 Å². The molecule has 8 heteroatoms. The fraction of sp³-hybridized carbons (Fsp3) is 0.704. The first kappa shape index (κ1) is 27.6. The summed E-state index contributed by atoms with van der Waals surface area (Å²) in [5.41, 5.74) is 6.98. The minimum Gasteiger partial charge on any atom is -0.459 e. The van der Waals surface area contributed by atoms with E-state index in [-0.39, 0.29) is 47.9 Å². The molecular formula is C27H42N2O6. The second kappa shape index (κ2) is 12.3. The van der Waals surface area contributed by atoms with Crippen LogP contribution in [0, 0.1) is 5.92 Å². The highest BCUT2D eigenvalue weighted by Gasteiger charge is 2.50. The Hall–Kier alpha value is -2.00. The van der Waals surface area contributed by atoms with Crippen LogP contribution in [-0.2, 0) is 28.5 Å². The molecule has 0 radical (unpaired) electrons. The summed E-state index contributed by atoms with van der Waals surface area (Å²) in [6, 6.07) is -0.0664. The summed E-state index contributed by atoms with van der Waals surface area (Å²) in [5, 5.41) is 3.02. The van der Waals surface area contributed by atoms with Crippen molar-refractivity contribution in [3.63, 3.8) is 0 Å². The van der Waals surface area contributed by atoms with E-state index >= 15 is 0 Å². The maximum atomic E-state index is 12.3. The van der Waals surface area contributed by atoms with Gasteiger partial charge in [0.1, 0.15) is 6.10 Å². The average molecular weight is 491 g/mol. The lowest BCUT2D eigenvalue weighted by molar-refractivity contribution is -0.143. The van der Waals surface area contributed by atoms with E-state index in [4.69, 9.17) is 24.7 Å². The van der Waals surface area contributed by atoms with Crippen LogP contribution >= 0.6 is 0 Å². The van der Waals surface area contributed by atoms with E-state index in [0.29, 0.717) is 12.5 Å². The number of carbonyl (C=O) groups is 2. The van der Waals surface area contributed by atoms with Crippen molar-refractivity contribution < 1.29 is 28.5 Å². The highest BCUT2D eigenvalue weighted by molar-refractivity contribution is 5.87. The van der Waals surface area contributed by atoms with Gasteiger partial charge in [0.05, 0.1) is 42.7 Å². The number of nitrogens with two attached hydrogens (primary N) is 1. The summed E-state index contributed by atoms with van der Waals surface area (Å²) in [7, 11) is 0. The second-order valence-corrected chi connectivity index (χ2v) is 10.3. The molecule has 3 rings (SSSR count). The molecule has 3 saturated heterocycles. The smallest absolute Gasteiger partial charge is 0.303 e. The van der Waals surface area contributed by atoms with Crippen molar-refractivity contribution >= 4 is 11.9 Å². The van der Waals surface area contributed by atoms with Crippen LogP contribution in [0.15, 0.2) is 36.0 Å².